The molecule has 2 heterocycles. The molecule has 2 aliphatic rings. The number of hydrogen-bond donors (Lipinski definition) is 0. The minimum Gasteiger partial charge on any atom is -0.466 e. The average Bonchev–Trinajstić information content (AvgIpc) is 3.09. The largest absolute Gasteiger partial charge is 0.466 e. The molecular formula is C25H29ClN2O3. The number of carbonyl (C=O) groups excluding carboxylic acids is 2. The summed E-state index contributed by atoms with van der Waals surface area (Å²) in [5, 5.41) is 0.829. The summed E-state index contributed by atoms with van der Waals surface area (Å²) in [5.74, 6) is -0.0667. The van der Waals surface area contributed by atoms with Crippen LogP contribution in [0.25, 0.3) is 0 Å². The SMILES string of the molecule is CCOC(=O)Cc1ccc2c(c1)N(C1CCN(CCc3ccccc3Cl)CC1)C(=O)C2. The molecule has 0 bridgehead atoms. The van der Waals surface area contributed by atoms with E-state index in [-0.39, 0.29) is 24.3 Å². The van der Waals surface area contributed by atoms with Crippen LogP contribution < -0.4 is 4.90 Å². The van der Waals surface area contributed by atoms with Crippen LogP contribution in [0, 0.1) is 0 Å². The highest BCUT2D eigenvalue weighted by Gasteiger charge is 2.35. The van der Waals surface area contributed by atoms with E-state index < -0.39 is 0 Å². The van der Waals surface area contributed by atoms with Crippen molar-refractivity contribution in [2.75, 3.05) is 31.1 Å². The van der Waals surface area contributed by atoms with Crippen LogP contribution in [0.4, 0.5) is 5.69 Å². The van der Waals surface area contributed by atoms with Crippen LogP contribution >= 0.6 is 11.6 Å². The predicted octanol–water partition coefficient (Wildman–Crippen LogP) is 4.04. The minimum absolute atomic E-state index is 0.165. The van der Waals surface area contributed by atoms with Crippen molar-refractivity contribution >= 4 is 29.2 Å². The summed E-state index contributed by atoms with van der Waals surface area (Å²) >= 11 is 6.29. The minimum atomic E-state index is -0.231. The summed E-state index contributed by atoms with van der Waals surface area (Å²) < 4.78 is 5.07. The van der Waals surface area contributed by atoms with Gasteiger partial charge in [-0.05, 0) is 55.0 Å². The number of halogens is 1. The van der Waals surface area contributed by atoms with Gasteiger partial charge in [0, 0.05) is 36.4 Å². The summed E-state index contributed by atoms with van der Waals surface area (Å²) in [5.41, 5.74) is 4.11. The van der Waals surface area contributed by atoms with Gasteiger partial charge in [-0.15, -0.1) is 0 Å². The Morgan fingerprint density at radius 2 is 1.94 bits per heavy atom. The zero-order valence-corrected chi connectivity index (χ0v) is 18.7. The van der Waals surface area contributed by atoms with E-state index in [4.69, 9.17) is 16.3 Å². The third-order valence-electron chi connectivity index (χ3n) is 6.25. The van der Waals surface area contributed by atoms with E-state index in [1.807, 2.05) is 48.2 Å². The molecule has 2 aromatic carbocycles. The number of amides is 1. The fourth-order valence-corrected chi connectivity index (χ4v) is 4.87. The number of carbonyl (C=O) groups is 2. The van der Waals surface area contributed by atoms with Gasteiger partial charge in [0.1, 0.15) is 0 Å². The number of fused-ring (bicyclic) bond motifs is 1. The van der Waals surface area contributed by atoms with E-state index in [2.05, 4.69) is 11.0 Å². The predicted molar refractivity (Wildman–Crippen MR) is 123 cm³/mol. The van der Waals surface area contributed by atoms with E-state index in [1.54, 1.807) is 0 Å². The molecule has 0 aliphatic carbocycles. The lowest BCUT2D eigenvalue weighted by molar-refractivity contribution is -0.142. The van der Waals surface area contributed by atoms with Crippen LogP contribution in [0.2, 0.25) is 5.02 Å². The van der Waals surface area contributed by atoms with Crippen molar-refractivity contribution < 1.29 is 14.3 Å². The van der Waals surface area contributed by atoms with E-state index in [1.165, 1.54) is 5.56 Å². The number of nitrogens with zero attached hydrogens (tertiary/aromatic N) is 2. The Kier molecular flexibility index (Phi) is 6.93. The third-order valence-corrected chi connectivity index (χ3v) is 6.62. The van der Waals surface area contributed by atoms with Gasteiger partial charge in [-0.1, -0.05) is 41.9 Å². The van der Waals surface area contributed by atoms with Gasteiger partial charge in [0.25, 0.3) is 0 Å². The quantitative estimate of drug-likeness (QED) is 0.609. The lowest BCUT2D eigenvalue weighted by Gasteiger charge is -2.37. The van der Waals surface area contributed by atoms with Crippen molar-refractivity contribution in [3.63, 3.8) is 0 Å². The van der Waals surface area contributed by atoms with Crippen molar-refractivity contribution in [3.8, 4) is 0 Å². The van der Waals surface area contributed by atoms with E-state index >= 15 is 0 Å². The van der Waals surface area contributed by atoms with Crippen LogP contribution in [-0.4, -0.2) is 49.1 Å². The Bertz CT molecular complexity index is 954. The first-order chi connectivity index (χ1) is 15.0. The molecule has 2 aliphatic heterocycles. The summed E-state index contributed by atoms with van der Waals surface area (Å²) in [7, 11) is 0. The highest BCUT2D eigenvalue weighted by molar-refractivity contribution is 6.31. The molecule has 0 radical (unpaired) electrons. The summed E-state index contributed by atoms with van der Waals surface area (Å²) in [6.07, 6.45) is 3.53. The zero-order chi connectivity index (χ0) is 21.8. The highest BCUT2D eigenvalue weighted by Crippen LogP contribution is 2.34. The first-order valence-electron chi connectivity index (χ1n) is 11.1. The van der Waals surface area contributed by atoms with Gasteiger partial charge in [-0.3, -0.25) is 9.59 Å². The fraction of sp³-hybridized carbons (Fsp3) is 0.440. The second kappa shape index (κ2) is 9.84. The van der Waals surface area contributed by atoms with Gasteiger partial charge in [-0.25, -0.2) is 0 Å². The first kappa shape index (κ1) is 21.8. The summed E-state index contributed by atoms with van der Waals surface area (Å²) in [4.78, 5) is 29.1. The second-order valence-corrected chi connectivity index (χ2v) is 8.71. The molecule has 0 unspecified atom stereocenters. The molecule has 2 aromatic rings. The Balaban J connectivity index is 1.37. The van der Waals surface area contributed by atoms with Crippen LogP contribution in [0.5, 0.6) is 0 Å². The number of anilines is 1. The smallest absolute Gasteiger partial charge is 0.310 e. The molecule has 4 rings (SSSR count). The van der Waals surface area contributed by atoms with Gasteiger partial charge >= 0.3 is 5.97 Å². The number of rotatable bonds is 7. The van der Waals surface area contributed by atoms with Gasteiger partial charge < -0.3 is 14.5 Å². The molecule has 6 heteroatoms. The second-order valence-electron chi connectivity index (χ2n) is 8.30. The molecule has 31 heavy (non-hydrogen) atoms. The van der Waals surface area contributed by atoms with Crippen molar-refractivity contribution in [2.45, 2.75) is 45.1 Å². The monoisotopic (exact) mass is 440 g/mol. The van der Waals surface area contributed by atoms with Crippen LogP contribution in [0.1, 0.15) is 36.5 Å². The standard InChI is InChI=1S/C25H29ClN2O3/c1-2-31-25(30)16-18-7-8-20-17-24(29)28(23(20)15-18)21-10-13-27(14-11-21)12-9-19-5-3-4-6-22(19)26/h3-8,15,21H,2,9-14,16-17H2,1H3. The molecule has 0 atom stereocenters. The Morgan fingerprint density at radius 1 is 1.16 bits per heavy atom. The number of benzene rings is 2. The van der Waals surface area contributed by atoms with E-state index in [9.17, 15) is 9.59 Å². The molecule has 0 N–H and O–H groups in total. The zero-order valence-electron chi connectivity index (χ0n) is 18.0. The number of hydrogen-bond acceptors (Lipinski definition) is 4. The number of piperidine rings is 1. The fourth-order valence-electron chi connectivity index (χ4n) is 4.64. The maximum Gasteiger partial charge on any atom is 0.310 e. The molecule has 0 aromatic heterocycles. The average molecular weight is 441 g/mol. The van der Waals surface area contributed by atoms with Crippen molar-refractivity contribution in [3.05, 3.63) is 64.2 Å². The van der Waals surface area contributed by atoms with Gasteiger partial charge in [-0.2, -0.15) is 0 Å². The highest BCUT2D eigenvalue weighted by atomic mass is 35.5. The molecular weight excluding hydrogens is 412 g/mol. The Labute approximate surface area is 188 Å². The maximum atomic E-state index is 12.8. The van der Waals surface area contributed by atoms with Gasteiger partial charge in [0.05, 0.1) is 19.4 Å². The van der Waals surface area contributed by atoms with E-state index in [0.717, 1.165) is 60.7 Å². The molecule has 1 saturated heterocycles. The summed E-state index contributed by atoms with van der Waals surface area (Å²) in [6, 6.07) is 14.1. The first-order valence-corrected chi connectivity index (χ1v) is 11.5. The van der Waals surface area contributed by atoms with Crippen LogP contribution in [-0.2, 0) is 33.6 Å². The number of esters is 1. The van der Waals surface area contributed by atoms with Crippen molar-refractivity contribution in [1.29, 1.82) is 0 Å². The lowest BCUT2D eigenvalue weighted by atomic mass is 10.0. The third kappa shape index (κ3) is 5.10. The van der Waals surface area contributed by atoms with Crippen LogP contribution in [0.15, 0.2) is 42.5 Å². The summed E-state index contributed by atoms with van der Waals surface area (Å²) in [6.45, 7) is 5.10. The molecule has 0 spiro atoms. The Hall–Kier alpha value is -2.37. The normalized spacial score (nSPS) is 17.1. The molecule has 0 saturated carbocycles. The molecule has 5 nitrogen and oxygen atoms in total. The molecule has 1 amide bonds. The van der Waals surface area contributed by atoms with E-state index in [0.29, 0.717) is 13.0 Å². The van der Waals surface area contributed by atoms with Gasteiger partial charge in [0.2, 0.25) is 5.91 Å². The number of likely N-dealkylation sites (tertiary alicyclic amines) is 1. The molecule has 1 fully saturated rings. The lowest BCUT2D eigenvalue weighted by Crippen LogP contribution is -2.46. The topological polar surface area (TPSA) is 49.9 Å². The van der Waals surface area contributed by atoms with Gasteiger partial charge in [0.15, 0.2) is 0 Å². The maximum absolute atomic E-state index is 12.8. The van der Waals surface area contributed by atoms with Crippen molar-refractivity contribution in [2.24, 2.45) is 0 Å². The van der Waals surface area contributed by atoms with Crippen LogP contribution in [0.3, 0.4) is 0 Å². The van der Waals surface area contributed by atoms with Crippen molar-refractivity contribution in [1.82, 2.24) is 4.90 Å². The Morgan fingerprint density at radius 3 is 2.68 bits per heavy atom. The molecule has 164 valence electrons. The number of ether oxygens (including phenoxy) is 1.